The van der Waals surface area contributed by atoms with E-state index in [0.717, 1.165) is 4.47 Å². The third kappa shape index (κ3) is 2.20. The average Bonchev–Trinajstić information content (AvgIpc) is 1.95. The molecule has 0 spiro atoms. The zero-order chi connectivity index (χ0) is 7.40. The standard InChI is InChI=1S/C8H7BrS/c9-8-3-1-7(2-4-8)5-6-10/h1-6,10H. The summed E-state index contributed by atoms with van der Waals surface area (Å²) in [5, 5.41) is 1.73. The monoisotopic (exact) mass is 214 g/mol. The molecule has 1 rings (SSSR count). The minimum atomic E-state index is 1.10. The highest BCUT2D eigenvalue weighted by Gasteiger charge is 1.84. The quantitative estimate of drug-likeness (QED) is 0.682. The van der Waals surface area contributed by atoms with Gasteiger partial charge in [-0.2, -0.15) is 12.6 Å². The van der Waals surface area contributed by atoms with Gasteiger partial charge in [0.05, 0.1) is 0 Å². The van der Waals surface area contributed by atoms with Crippen molar-refractivity contribution in [1.29, 1.82) is 0 Å². The van der Waals surface area contributed by atoms with Crippen molar-refractivity contribution in [2.45, 2.75) is 0 Å². The number of thiol groups is 1. The van der Waals surface area contributed by atoms with Gasteiger partial charge in [-0.15, -0.1) is 0 Å². The molecule has 0 saturated carbocycles. The lowest BCUT2D eigenvalue weighted by Gasteiger charge is -1.91. The van der Waals surface area contributed by atoms with Gasteiger partial charge < -0.3 is 0 Å². The molecule has 0 saturated heterocycles. The second-order valence-corrected chi connectivity index (χ2v) is 3.08. The van der Waals surface area contributed by atoms with Gasteiger partial charge >= 0.3 is 0 Å². The smallest absolute Gasteiger partial charge is 0.0175 e. The van der Waals surface area contributed by atoms with Gasteiger partial charge in [-0.1, -0.05) is 28.1 Å². The largest absolute Gasteiger partial charge is 0.151 e. The molecule has 0 unspecified atom stereocenters. The average molecular weight is 215 g/mol. The summed E-state index contributed by atoms with van der Waals surface area (Å²) in [7, 11) is 0. The van der Waals surface area contributed by atoms with Gasteiger partial charge in [-0.25, -0.2) is 0 Å². The Morgan fingerprint density at radius 2 is 1.80 bits per heavy atom. The lowest BCUT2D eigenvalue weighted by Crippen LogP contribution is -1.68. The molecular formula is C8H7BrS. The number of hydrogen-bond donors (Lipinski definition) is 1. The Labute approximate surface area is 74.5 Å². The Bertz CT molecular complexity index is 226. The Balaban J connectivity index is 2.89. The lowest BCUT2D eigenvalue weighted by atomic mass is 10.2. The van der Waals surface area contributed by atoms with Crippen LogP contribution in [0.1, 0.15) is 5.56 Å². The Morgan fingerprint density at radius 3 is 2.30 bits per heavy atom. The summed E-state index contributed by atoms with van der Waals surface area (Å²) in [6.45, 7) is 0. The molecule has 0 aliphatic rings. The zero-order valence-electron chi connectivity index (χ0n) is 5.29. The highest BCUT2D eigenvalue weighted by atomic mass is 79.9. The molecule has 0 radical (unpaired) electrons. The first kappa shape index (κ1) is 7.89. The first-order valence-electron chi connectivity index (χ1n) is 2.89. The molecule has 0 bridgehead atoms. The molecule has 52 valence electrons. The molecule has 0 fully saturated rings. The van der Waals surface area contributed by atoms with Gasteiger partial charge in [0.2, 0.25) is 0 Å². The van der Waals surface area contributed by atoms with Crippen molar-refractivity contribution in [3.05, 3.63) is 39.7 Å². The summed E-state index contributed by atoms with van der Waals surface area (Å²) < 4.78 is 1.10. The highest BCUT2D eigenvalue weighted by molar-refractivity contribution is 9.10. The molecule has 1 aromatic rings. The first-order valence-corrected chi connectivity index (χ1v) is 4.20. The molecule has 0 nitrogen and oxygen atoms in total. The third-order valence-electron chi connectivity index (χ3n) is 1.14. The lowest BCUT2D eigenvalue weighted by molar-refractivity contribution is 1.62. The number of benzene rings is 1. The van der Waals surface area contributed by atoms with Gasteiger partial charge in [0.1, 0.15) is 0 Å². The van der Waals surface area contributed by atoms with Crippen molar-refractivity contribution in [1.82, 2.24) is 0 Å². The molecule has 0 amide bonds. The van der Waals surface area contributed by atoms with Crippen LogP contribution in [0.4, 0.5) is 0 Å². The summed E-state index contributed by atoms with van der Waals surface area (Å²) in [4.78, 5) is 0. The van der Waals surface area contributed by atoms with Crippen LogP contribution < -0.4 is 0 Å². The van der Waals surface area contributed by atoms with Gasteiger partial charge in [0.15, 0.2) is 0 Å². The van der Waals surface area contributed by atoms with Crippen LogP contribution in [-0.2, 0) is 0 Å². The SMILES string of the molecule is SC=Cc1ccc(Br)cc1. The van der Waals surface area contributed by atoms with E-state index in [1.54, 1.807) is 5.41 Å². The van der Waals surface area contributed by atoms with E-state index in [-0.39, 0.29) is 0 Å². The molecule has 10 heavy (non-hydrogen) atoms. The van der Waals surface area contributed by atoms with Gasteiger partial charge in [-0.05, 0) is 29.2 Å². The van der Waals surface area contributed by atoms with Crippen LogP contribution in [0.15, 0.2) is 34.1 Å². The predicted octanol–water partition coefficient (Wildman–Crippen LogP) is 3.35. The van der Waals surface area contributed by atoms with Crippen molar-refractivity contribution in [3.63, 3.8) is 0 Å². The number of rotatable bonds is 1. The summed E-state index contributed by atoms with van der Waals surface area (Å²) in [5.74, 6) is 0. The van der Waals surface area contributed by atoms with Crippen molar-refractivity contribution in [2.24, 2.45) is 0 Å². The van der Waals surface area contributed by atoms with E-state index in [1.807, 2.05) is 30.3 Å². The van der Waals surface area contributed by atoms with E-state index in [0.29, 0.717) is 0 Å². The minimum Gasteiger partial charge on any atom is -0.151 e. The third-order valence-corrected chi connectivity index (χ3v) is 1.81. The van der Waals surface area contributed by atoms with Gasteiger partial charge in [0, 0.05) is 4.47 Å². The molecule has 0 aliphatic carbocycles. The predicted molar refractivity (Wildman–Crippen MR) is 52.2 cm³/mol. The zero-order valence-corrected chi connectivity index (χ0v) is 7.77. The maximum atomic E-state index is 3.97. The van der Waals surface area contributed by atoms with E-state index in [1.165, 1.54) is 5.56 Å². The van der Waals surface area contributed by atoms with Crippen LogP contribution in [0.25, 0.3) is 6.08 Å². The van der Waals surface area contributed by atoms with E-state index in [9.17, 15) is 0 Å². The van der Waals surface area contributed by atoms with Crippen LogP contribution in [-0.4, -0.2) is 0 Å². The number of hydrogen-bond acceptors (Lipinski definition) is 1. The molecular weight excluding hydrogens is 208 g/mol. The highest BCUT2D eigenvalue weighted by Crippen LogP contribution is 2.11. The normalized spacial score (nSPS) is 10.6. The Hall–Kier alpha value is -0.210. The minimum absolute atomic E-state index is 1.10. The summed E-state index contributed by atoms with van der Waals surface area (Å²) >= 11 is 7.32. The molecule has 0 aliphatic heterocycles. The van der Waals surface area contributed by atoms with E-state index in [4.69, 9.17) is 0 Å². The van der Waals surface area contributed by atoms with E-state index >= 15 is 0 Å². The second-order valence-electron chi connectivity index (χ2n) is 1.87. The van der Waals surface area contributed by atoms with Crippen LogP contribution in [0, 0.1) is 0 Å². The van der Waals surface area contributed by atoms with Crippen LogP contribution in [0.2, 0.25) is 0 Å². The van der Waals surface area contributed by atoms with Gasteiger partial charge in [-0.3, -0.25) is 0 Å². The molecule has 2 heteroatoms. The molecule has 0 atom stereocenters. The summed E-state index contributed by atoms with van der Waals surface area (Å²) in [6.07, 6.45) is 1.94. The maximum absolute atomic E-state index is 3.97. The van der Waals surface area contributed by atoms with E-state index < -0.39 is 0 Å². The van der Waals surface area contributed by atoms with Crippen LogP contribution >= 0.6 is 28.6 Å². The second kappa shape index (κ2) is 3.84. The van der Waals surface area contributed by atoms with Crippen molar-refractivity contribution >= 4 is 34.6 Å². The Kier molecular flexibility index (Phi) is 3.03. The van der Waals surface area contributed by atoms with Crippen molar-refractivity contribution < 1.29 is 0 Å². The molecule has 0 aromatic heterocycles. The Morgan fingerprint density at radius 1 is 1.20 bits per heavy atom. The topological polar surface area (TPSA) is 0 Å². The molecule has 0 heterocycles. The van der Waals surface area contributed by atoms with Gasteiger partial charge in [0.25, 0.3) is 0 Å². The number of halogens is 1. The molecule has 1 aromatic carbocycles. The fourth-order valence-electron chi connectivity index (χ4n) is 0.660. The van der Waals surface area contributed by atoms with Crippen molar-refractivity contribution in [3.8, 4) is 0 Å². The summed E-state index contributed by atoms with van der Waals surface area (Å²) in [6, 6.07) is 8.06. The van der Waals surface area contributed by atoms with Crippen LogP contribution in [0.5, 0.6) is 0 Å². The maximum Gasteiger partial charge on any atom is 0.0175 e. The first-order chi connectivity index (χ1) is 4.83. The fraction of sp³-hybridized carbons (Fsp3) is 0. The van der Waals surface area contributed by atoms with Crippen LogP contribution in [0.3, 0.4) is 0 Å². The summed E-state index contributed by atoms with van der Waals surface area (Å²) in [5.41, 5.74) is 1.16. The van der Waals surface area contributed by atoms with Crippen molar-refractivity contribution in [2.75, 3.05) is 0 Å². The van der Waals surface area contributed by atoms with E-state index in [2.05, 4.69) is 28.6 Å². The fourth-order valence-corrected chi connectivity index (χ4v) is 1.10. The molecule has 0 N–H and O–H groups in total.